The van der Waals surface area contributed by atoms with Gasteiger partial charge in [-0.15, -0.1) is 0 Å². The van der Waals surface area contributed by atoms with Crippen LogP contribution in [0.4, 0.5) is 0 Å². The molecule has 20 heavy (non-hydrogen) atoms. The summed E-state index contributed by atoms with van der Waals surface area (Å²) < 4.78 is 1.31. The molecule has 1 unspecified atom stereocenters. The number of carbonyl (C=O) groups excluding carboxylic acids is 1. The fourth-order valence-corrected chi connectivity index (χ4v) is 2.36. The lowest BCUT2D eigenvalue weighted by molar-refractivity contribution is 0.0706. The van der Waals surface area contributed by atoms with Crippen LogP contribution in [0.1, 0.15) is 31.1 Å². The van der Waals surface area contributed by atoms with Gasteiger partial charge in [0.1, 0.15) is 12.7 Å². The topological polar surface area (TPSA) is 47.8 Å². The van der Waals surface area contributed by atoms with Crippen molar-refractivity contribution in [2.45, 2.75) is 27.2 Å². The smallest absolute Gasteiger partial charge is 0.252 e. The molecule has 0 fully saturated rings. The SMILES string of the molecule is CC(C)(C)C(Cc1cccc(Cl)c1)C(=O)n1cncn1. The fraction of sp³-hybridized carbons (Fsp3) is 0.400. The Balaban J connectivity index is 2.27. The second kappa shape index (κ2) is 5.75. The molecule has 1 heterocycles. The van der Waals surface area contributed by atoms with E-state index in [4.69, 9.17) is 11.6 Å². The van der Waals surface area contributed by atoms with Crippen LogP contribution in [0.15, 0.2) is 36.9 Å². The summed E-state index contributed by atoms with van der Waals surface area (Å²) >= 11 is 6.01. The van der Waals surface area contributed by atoms with E-state index in [1.165, 1.54) is 17.3 Å². The van der Waals surface area contributed by atoms with Crippen LogP contribution < -0.4 is 0 Å². The molecule has 2 rings (SSSR count). The van der Waals surface area contributed by atoms with Gasteiger partial charge < -0.3 is 0 Å². The van der Waals surface area contributed by atoms with Gasteiger partial charge in [-0.3, -0.25) is 4.79 Å². The van der Waals surface area contributed by atoms with E-state index in [1.807, 2.05) is 24.3 Å². The molecule has 0 aliphatic rings. The van der Waals surface area contributed by atoms with Crippen LogP contribution in [0.5, 0.6) is 0 Å². The van der Waals surface area contributed by atoms with E-state index in [9.17, 15) is 4.79 Å². The molecule has 0 radical (unpaired) electrons. The third-order valence-corrected chi connectivity index (χ3v) is 3.55. The van der Waals surface area contributed by atoms with E-state index in [-0.39, 0.29) is 17.2 Å². The number of rotatable bonds is 3. The Labute approximate surface area is 123 Å². The van der Waals surface area contributed by atoms with Gasteiger partial charge >= 0.3 is 0 Å². The molecule has 0 aliphatic heterocycles. The molecule has 0 saturated heterocycles. The summed E-state index contributed by atoms with van der Waals surface area (Å²) in [6.45, 7) is 6.16. The van der Waals surface area contributed by atoms with Crippen molar-refractivity contribution in [2.24, 2.45) is 11.3 Å². The largest absolute Gasteiger partial charge is 0.272 e. The van der Waals surface area contributed by atoms with Gasteiger partial charge in [0.2, 0.25) is 0 Å². The summed E-state index contributed by atoms with van der Waals surface area (Å²) in [5.74, 6) is -0.238. The molecule has 0 bridgehead atoms. The standard InChI is InChI=1S/C15H18ClN3O/c1-15(2,3)13(14(20)19-10-17-9-18-19)8-11-5-4-6-12(16)7-11/h4-7,9-10,13H,8H2,1-3H3. The van der Waals surface area contributed by atoms with Gasteiger partial charge in [0.05, 0.1) is 0 Å². The second-order valence-electron chi connectivity index (χ2n) is 5.93. The molecule has 4 nitrogen and oxygen atoms in total. The van der Waals surface area contributed by atoms with Crippen LogP contribution >= 0.6 is 11.6 Å². The van der Waals surface area contributed by atoms with Gasteiger partial charge in [-0.05, 0) is 29.5 Å². The van der Waals surface area contributed by atoms with E-state index >= 15 is 0 Å². The third kappa shape index (κ3) is 3.45. The third-order valence-electron chi connectivity index (χ3n) is 3.32. The molecule has 106 valence electrons. The predicted octanol–water partition coefficient (Wildman–Crippen LogP) is 3.48. The zero-order valence-electron chi connectivity index (χ0n) is 11.9. The van der Waals surface area contributed by atoms with Crippen molar-refractivity contribution in [3.63, 3.8) is 0 Å². The summed E-state index contributed by atoms with van der Waals surface area (Å²) in [5.41, 5.74) is 0.872. The molecule has 1 atom stereocenters. The molecule has 5 heteroatoms. The van der Waals surface area contributed by atoms with Crippen LogP contribution in [-0.2, 0) is 6.42 Å². The number of nitrogens with zero attached hydrogens (tertiary/aromatic N) is 3. The minimum Gasteiger partial charge on any atom is -0.272 e. The average molecular weight is 292 g/mol. The van der Waals surface area contributed by atoms with E-state index in [1.54, 1.807) is 0 Å². The minimum absolute atomic E-state index is 0.0463. The first kappa shape index (κ1) is 14.7. The molecule has 1 aromatic carbocycles. The highest BCUT2D eigenvalue weighted by molar-refractivity contribution is 6.30. The number of benzene rings is 1. The molecule has 2 aromatic rings. The van der Waals surface area contributed by atoms with Crippen molar-refractivity contribution in [3.05, 3.63) is 47.5 Å². The molecular formula is C15H18ClN3O. The Morgan fingerprint density at radius 1 is 1.40 bits per heavy atom. The number of aromatic nitrogens is 3. The van der Waals surface area contributed by atoms with Crippen LogP contribution in [-0.4, -0.2) is 20.7 Å². The molecule has 0 N–H and O–H groups in total. The quantitative estimate of drug-likeness (QED) is 0.870. The Morgan fingerprint density at radius 3 is 2.70 bits per heavy atom. The minimum atomic E-state index is -0.192. The Hall–Kier alpha value is -1.68. The van der Waals surface area contributed by atoms with Gasteiger partial charge in [-0.2, -0.15) is 9.78 Å². The van der Waals surface area contributed by atoms with Gasteiger partial charge in [0.15, 0.2) is 0 Å². The zero-order chi connectivity index (χ0) is 14.8. The second-order valence-corrected chi connectivity index (χ2v) is 6.37. The Bertz CT molecular complexity index is 587. The lowest BCUT2D eigenvalue weighted by Gasteiger charge is -2.29. The Morgan fingerprint density at radius 2 is 2.15 bits per heavy atom. The maximum absolute atomic E-state index is 12.6. The van der Waals surface area contributed by atoms with Crippen LogP contribution in [0.3, 0.4) is 0 Å². The van der Waals surface area contributed by atoms with Crippen molar-refractivity contribution < 1.29 is 4.79 Å². The number of hydrogen-bond acceptors (Lipinski definition) is 3. The van der Waals surface area contributed by atoms with Crippen molar-refractivity contribution in [3.8, 4) is 0 Å². The van der Waals surface area contributed by atoms with Crippen molar-refractivity contribution >= 4 is 17.5 Å². The lowest BCUT2D eigenvalue weighted by atomic mass is 9.76. The van der Waals surface area contributed by atoms with Crippen molar-refractivity contribution in [1.29, 1.82) is 0 Å². The summed E-state index contributed by atoms with van der Waals surface area (Å²) in [7, 11) is 0. The van der Waals surface area contributed by atoms with Crippen molar-refractivity contribution in [2.75, 3.05) is 0 Å². The molecule has 1 aromatic heterocycles. The molecule has 0 aliphatic carbocycles. The monoisotopic (exact) mass is 291 g/mol. The first-order chi connectivity index (χ1) is 9.38. The summed E-state index contributed by atoms with van der Waals surface area (Å²) in [6.07, 6.45) is 3.44. The van der Waals surface area contributed by atoms with E-state index in [2.05, 4.69) is 30.9 Å². The number of halogens is 1. The maximum Gasteiger partial charge on any atom is 0.252 e. The maximum atomic E-state index is 12.6. The summed E-state index contributed by atoms with van der Waals surface area (Å²) in [4.78, 5) is 16.4. The first-order valence-electron chi connectivity index (χ1n) is 6.51. The highest BCUT2D eigenvalue weighted by Gasteiger charge is 2.32. The van der Waals surface area contributed by atoms with Gasteiger partial charge in [-0.25, -0.2) is 4.98 Å². The first-order valence-corrected chi connectivity index (χ1v) is 6.89. The summed E-state index contributed by atoms with van der Waals surface area (Å²) in [6, 6.07) is 7.61. The highest BCUT2D eigenvalue weighted by atomic mass is 35.5. The predicted molar refractivity (Wildman–Crippen MR) is 78.7 cm³/mol. The Kier molecular flexibility index (Phi) is 4.23. The van der Waals surface area contributed by atoms with E-state index in [0.717, 1.165) is 5.56 Å². The number of hydrogen-bond donors (Lipinski definition) is 0. The van der Waals surface area contributed by atoms with E-state index < -0.39 is 0 Å². The lowest BCUT2D eigenvalue weighted by Crippen LogP contribution is -2.34. The molecular weight excluding hydrogens is 274 g/mol. The van der Waals surface area contributed by atoms with Gasteiger partial charge in [0.25, 0.3) is 5.91 Å². The zero-order valence-corrected chi connectivity index (χ0v) is 12.6. The fourth-order valence-electron chi connectivity index (χ4n) is 2.15. The van der Waals surface area contributed by atoms with Crippen LogP contribution in [0.25, 0.3) is 0 Å². The summed E-state index contributed by atoms with van der Waals surface area (Å²) in [5, 5.41) is 4.62. The van der Waals surface area contributed by atoms with Crippen LogP contribution in [0.2, 0.25) is 5.02 Å². The van der Waals surface area contributed by atoms with Crippen molar-refractivity contribution in [1.82, 2.24) is 14.8 Å². The number of carbonyl (C=O) groups is 1. The average Bonchev–Trinajstić information content (AvgIpc) is 2.87. The van der Waals surface area contributed by atoms with Crippen LogP contribution in [0, 0.1) is 11.3 Å². The normalized spacial score (nSPS) is 13.2. The van der Waals surface area contributed by atoms with Gasteiger partial charge in [0, 0.05) is 10.9 Å². The van der Waals surface area contributed by atoms with E-state index in [0.29, 0.717) is 11.4 Å². The highest BCUT2D eigenvalue weighted by Crippen LogP contribution is 2.30. The van der Waals surface area contributed by atoms with Gasteiger partial charge in [-0.1, -0.05) is 44.5 Å². The molecule has 0 amide bonds. The molecule has 0 saturated carbocycles. The molecule has 0 spiro atoms.